The van der Waals surface area contributed by atoms with Crippen molar-refractivity contribution in [1.82, 2.24) is 0 Å². The highest BCUT2D eigenvalue weighted by Gasteiger charge is 2.19. The molecule has 0 fully saturated rings. The van der Waals surface area contributed by atoms with Gasteiger partial charge in [0.1, 0.15) is 0 Å². The van der Waals surface area contributed by atoms with Gasteiger partial charge in [-0.15, -0.1) is 4.89 Å². The van der Waals surface area contributed by atoms with Crippen molar-refractivity contribution >= 4 is 8.25 Å². The number of unbranched alkanes of at least 4 members (excludes halogenated alkanes) is 16. The van der Waals surface area contributed by atoms with Crippen molar-refractivity contribution in [3.63, 3.8) is 0 Å². The first-order chi connectivity index (χ1) is 12.2. The maximum absolute atomic E-state index is 10.4. The predicted octanol–water partition coefficient (Wildman–Crippen LogP) is 7.01. The molecule has 25 heavy (non-hydrogen) atoms. The van der Waals surface area contributed by atoms with Gasteiger partial charge in [0.15, 0.2) is 0 Å². The molecule has 0 aliphatic heterocycles. The lowest BCUT2D eigenvalue weighted by Crippen LogP contribution is -2.06. The molecular formula is C20H42O4P+. The molecule has 2 unspecified atom stereocenters. The Kier molecular flexibility index (Phi) is 20.3. The van der Waals surface area contributed by atoms with Gasteiger partial charge in [-0.25, -0.2) is 0 Å². The van der Waals surface area contributed by atoms with Crippen LogP contribution in [-0.2, 0) is 9.09 Å². The SMILES string of the molecule is CCCCCCCCCCCCCCCCCCCC(O)O[P+](=O)O. The van der Waals surface area contributed by atoms with Crippen LogP contribution >= 0.6 is 8.25 Å². The van der Waals surface area contributed by atoms with Gasteiger partial charge in [0.05, 0.1) is 0 Å². The normalized spacial score (nSPS) is 13.2. The third-order valence-electron chi connectivity index (χ3n) is 4.77. The fraction of sp³-hybridized carbons (Fsp3) is 1.00. The van der Waals surface area contributed by atoms with Crippen LogP contribution in [-0.4, -0.2) is 16.3 Å². The van der Waals surface area contributed by atoms with E-state index in [2.05, 4.69) is 11.4 Å². The predicted molar refractivity (Wildman–Crippen MR) is 106 cm³/mol. The van der Waals surface area contributed by atoms with Crippen molar-refractivity contribution in [1.29, 1.82) is 0 Å². The Labute approximate surface area is 156 Å². The van der Waals surface area contributed by atoms with Crippen LogP contribution in [0.4, 0.5) is 0 Å². The highest BCUT2D eigenvalue weighted by atomic mass is 31.1. The van der Waals surface area contributed by atoms with E-state index in [4.69, 9.17) is 4.89 Å². The zero-order valence-electron chi connectivity index (χ0n) is 16.5. The summed E-state index contributed by atoms with van der Waals surface area (Å²) in [6, 6.07) is 0. The van der Waals surface area contributed by atoms with Gasteiger partial charge < -0.3 is 5.11 Å². The minimum Gasteiger partial charge on any atom is -0.364 e. The second-order valence-electron chi connectivity index (χ2n) is 7.24. The van der Waals surface area contributed by atoms with Gasteiger partial charge in [-0.3, -0.25) is 0 Å². The minimum atomic E-state index is -2.69. The lowest BCUT2D eigenvalue weighted by Gasteiger charge is -2.04. The van der Waals surface area contributed by atoms with Gasteiger partial charge in [-0.2, -0.15) is 0 Å². The van der Waals surface area contributed by atoms with Crippen molar-refractivity contribution in [2.75, 3.05) is 0 Å². The first-order valence-corrected chi connectivity index (χ1v) is 11.8. The summed E-state index contributed by atoms with van der Waals surface area (Å²) in [5, 5.41) is 9.28. The van der Waals surface area contributed by atoms with Crippen LogP contribution in [0.15, 0.2) is 0 Å². The number of aliphatic hydroxyl groups is 1. The van der Waals surface area contributed by atoms with E-state index < -0.39 is 14.5 Å². The van der Waals surface area contributed by atoms with Crippen molar-refractivity contribution in [3.05, 3.63) is 0 Å². The van der Waals surface area contributed by atoms with Gasteiger partial charge in [0, 0.05) is 11.0 Å². The largest absolute Gasteiger partial charge is 0.697 e. The van der Waals surface area contributed by atoms with Gasteiger partial charge in [0.2, 0.25) is 6.29 Å². The molecule has 0 aromatic heterocycles. The molecule has 0 aliphatic rings. The van der Waals surface area contributed by atoms with E-state index in [0.717, 1.165) is 12.8 Å². The molecule has 4 nitrogen and oxygen atoms in total. The van der Waals surface area contributed by atoms with Crippen molar-refractivity contribution in [3.8, 4) is 0 Å². The number of rotatable bonds is 20. The summed E-state index contributed by atoms with van der Waals surface area (Å²) in [7, 11) is -2.69. The van der Waals surface area contributed by atoms with E-state index in [1.807, 2.05) is 0 Å². The van der Waals surface area contributed by atoms with Crippen LogP contribution in [0.3, 0.4) is 0 Å². The molecule has 0 bridgehead atoms. The van der Waals surface area contributed by atoms with E-state index in [-0.39, 0.29) is 0 Å². The van der Waals surface area contributed by atoms with Gasteiger partial charge in [0.25, 0.3) is 0 Å². The van der Waals surface area contributed by atoms with Crippen LogP contribution in [0.2, 0.25) is 0 Å². The molecule has 150 valence electrons. The number of aliphatic hydroxyl groups excluding tert-OH is 1. The van der Waals surface area contributed by atoms with E-state index in [9.17, 15) is 9.67 Å². The topological polar surface area (TPSA) is 66.8 Å². The highest BCUT2D eigenvalue weighted by Crippen LogP contribution is 2.20. The van der Waals surface area contributed by atoms with Gasteiger partial charge in [-0.1, -0.05) is 114 Å². The molecule has 0 amide bonds. The van der Waals surface area contributed by atoms with Crippen LogP contribution in [0.5, 0.6) is 0 Å². The lowest BCUT2D eigenvalue weighted by atomic mass is 10.0. The molecule has 0 aliphatic carbocycles. The maximum atomic E-state index is 10.4. The minimum absolute atomic E-state index is 0.445. The molecular weight excluding hydrogens is 335 g/mol. The van der Waals surface area contributed by atoms with E-state index in [0.29, 0.717) is 6.42 Å². The fourth-order valence-corrected chi connectivity index (χ4v) is 3.51. The van der Waals surface area contributed by atoms with E-state index in [1.54, 1.807) is 0 Å². The summed E-state index contributed by atoms with van der Waals surface area (Å²) in [5.74, 6) is 0. The quantitative estimate of drug-likeness (QED) is 0.136. The Morgan fingerprint density at radius 1 is 0.680 bits per heavy atom. The average molecular weight is 378 g/mol. The zero-order valence-corrected chi connectivity index (χ0v) is 17.4. The molecule has 0 rings (SSSR count). The third kappa shape index (κ3) is 21.9. The molecule has 0 radical (unpaired) electrons. The smallest absolute Gasteiger partial charge is 0.364 e. The van der Waals surface area contributed by atoms with Gasteiger partial charge in [-0.05, 0) is 6.42 Å². The Balaban J connectivity index is 3.06. The molecule has 5 heteroatoms. The van der Waals surface area contributed by atoms with Crippen molar-refractivity contribution < 1.29 is 19.1 Å². The van der Waals surface area contributed by atoms with Crippen LogP contribution < -0.4 is 0 Å². The summed E-state index contributed by atoms with van der Waals surface area (Å²) in [6.45, 7) is 2.27. The molecule has 0 saturated heterocycles. The van der Waals surface area contributed by atoms with E-state index in [1.165, 1.54) is 96.3 Å². The third-order valence-corrected chi connectivity index (χ3v) is 5.19. The molecule has 2 N–H and O–H groups in total. The molecule has 0 aromatic rings. The summed E-state index contributed by atoms with van der Waals surface area (Å²) in [6.07, 6.45) is 21.8. The first-order valence-electron chi connectivity index (χ1n) is 10.7. The Hall–Kier alpha value is -0.0200. The van der Waals surface area contributed by atoms with Crippen molar-refractivity contribution in [2.45, 2.75) is 129 Å². The van der Waals surface area contributed by atoms with E-state index >= 15 is 0 Å². The summed E-state index contributed by atoms with van der Waals surface area (Å²) in [4.78, 5) is 8.49. The summed E-state index contributed by atoms with van der Waals surface area (Å²) >= 11 is 0. The average Bonchev–Trinajstić information content (AvgIpc) is 2.57. The number of hydrogen-bond donors (Lipinski definition) is 2. The Morgan fingerprint density at radius 3 is 1.32 bits per heavy atom. The second kappa shape index (κ2) is 20.3. The molecule has 0 aromatic carbocycles. The van der Waals surface area contributed by atoms with Crippen LogP contribution in [0.25, 0.3) is 0 Å². The molecule has 0 heterocycles. The molecule has 0 spiro atoms. The Bertz CT molecular complexity index is 287. The van der Waals surface area contributed by atoms with Crippen LogP contribution in [0, 0.1) is 0 Å². The highest BCUT2D eigenvalue weighted by molar-refractivity contribution is 7.32. The monoisotopic (exact) mass is 377 g/mol. The van der Waals surface area contributed by atoms with Crippen LogP contribution in [0.1, 0.15) is 122 Å². The first kappa shape index (κ1) is 25.0. The Morgan fingerprint density at radius 2 is 1.00 bits per heavy atom. The lowest BCUT2D eigenvalue weighted by molar-refractivity contribution is -0.0257. The van der Waals surface area contributed by atoms with Gasteiger partial charge >= 0.3 is 8.25 Å². The fourth-order valence-electron chi connectivity index (χ4n) is 3.20. The molecule has 2 atom stereocenters. The second-order valence-corrected chi connectivity index (χ2v) is 7.93. The summed E-state index contributed by atoms with van der Waals surface area (Å²) in [5.41, 5.74) is 0. The zero-order chi connectivity index (χ0) is 18.6. The van der Waals surface area contributed by atoms with Crippen molar-refractivity contribution in [2.24, 2.45) is 0 Å². The molecule has 0 saturated carbocycles. The summed E-state index contributed by atoms with van der Waals surface area (Å²) < 4.78 is 14.8. The standard InChI is InChI=1S/C20H41O4P/c1-2-3-4-5-6-7-8-9-10-11-12-13-14-15-16-17-18-19-20(21)24-25(22)23/h20-21H,2-19H2,1H3/p+1. The maximum Gasteiger partial charge on any atom is 0.697 e. The number of hydrogen-bond acceptors (Lipinski definition) is 3.